The molecule has 0 bridgehead atoms. The van der Waals surface area contributed by atoms with E-state index in [0.29, 0.717) is 6.61 Å². The van der Waals surface area contributed by atoms with Gasteiger partial charge >= 0.3 is 0 Å². The van der Waals surface area contributed by atoms with Gasteiger partial charge < -0.3 is 9.47 Å². The van der Waals surface area contributed by atoms with Crippen molar-refractivity contribution < 1.29 is 14.4 Å². The van der Waals surface area contributed by atoms with Crippen molar-refractivity contribution in [3.8, 4) is 11.5 Å². The molecular formula is C18H23NO4Si. The van der Waals surface area contributed by atoms with Crippen molar-refractivity contribution in [2.24, 2.45) is 0 Å². The Labute approximate surface area is 143 Å². The standard InChI is InChI=1S/C18H23NO4Si/c1-17-16(9-10-18(17,23-17)11-12-24(2,3)4)22-13-14-5-7-15(8-6-14)19(20)21/h5-8,16H,9-10,13H2,1-4H3/t16?,17-,18+/m0/s1. The third-order valence-electron chi connectivity index (χ3n) is 4.76. The van der Waals surface area contributed by atoms with Crippen LogP contribution in [0, 0.1) is 21.6 Å². The van der Waals surface area contributed by atoms with Gasteiger partial charge in [0.15, 0.2) is 5.60 Å². The Morgan fingerprint density at radius 2 is 2.04 bits per heavy atom. The summed E-state index contributed by atoms with van der Waals surface area (Å²) in [5.74, 6) is 3.40. The quantitative estimate of drug-likeness (QED) is 0.274. The molecule has 1 aliphatic heterocycles. The van der Waals surface area contributed by atoms with Crippen LogP contribution in [0.15, 0.2) is 24.3 Å². The van der Waals surface area contributed by atoms with Gasteiger partial charge in [-0.05, 0) is 37.5 Å². The molecule has 0 amide bonds. The fraction of sp³-hybridized carbons (Fsp3) is 0.556. The van der Waals surface area contributed by atoms with Crippen LogP contribution in [0.2, 0.25) is 19.6 Å². The molecule has 0 spiro atoms. The van der Waals surface area contributed by atoms with E-state index in [1.165, 1.54) is 12.1 Å². The van der Waals surface area contributed by atoms with E-state index in [2.05, 4.69) is 38.0 Å². The van der Waals surface area contributed by atoms with Crippen molar-refractivity contribution in [3.63, 3.8) is 0 Å². The van der Waals surface area contributed by atoms with E-state index < -0.39 is 13.0 Å². The highest BCUT2D eigenvalue weighted by molar-refractivity contribution is 6.83. The first-order valence-electron chi connectivity index (χ1n) is 8.25. The number of fused-ring (bicyclic) bond motifs is 1. The maximum Gasteiger partial charge on any atom is 0.269 e. The van der Waals surface area contributed by atoms with Crippen LogP contribution >= 0.6 is 0 Å². The number of nitro groups is 1. The highest BCUT2D eigenvalue weighted by atomic mass is 28.3. The number of benzene rings is 1. The van der Waals surface area contributed by atoms with Crippen LogP contribution in [-0.2, 0) is 16.1 Å². The van der Waals surface area contributed by atoms with E-state index in [1.54, 1.807) is 12.1 Å². The van der Waals surface area contributed by atoms with Crippen molar-refractivity contribution in [2.75, 3.05) is 0 Å². The van der Waals surface area contributed by atoms with E-state index in [9.17, 15) is 10.1 Å². The molecule has 2 fully saturated rings. The minimum atomic E-state index is -1.42. The fourth-order valence-electron chi connectivity index (χ4n) is 3.22. The first-order valence-corrected chi connectivity index (χ1v) is 11.7. The second-order valence-corrected chi connectivity index (χ2v) is 12.5. The Balaban J connectivity index is 1.62. The second-order valence-electron chi connectivity index (χ2n) is 7.80. The average Bonchev–Trinajstić information content (AvgIpc) is 3.02. The molecule has 1 saturated carbocycles. The van der Waals surface area contributed by atoms with Gasteiger partial charge in [0.25, 0.3) is 5.69 Å². The van der Waals surface area contributed by atoms with E-state index >= 15 is 0 Å². The smallest absolute Gasteiger partial charge is 0.269 e. The van der Waals surface area contributed by atoms with E-state index in [0.717, 1.165) is 18.4 Å². The lowest BCUT2D eigenvalue weighted by Gasteiger charge is -2.17. The monoisotopic (exact) mass is 345 g/mol. The van der Waals surface area contributed by atoms with Crippen LogP contribution in [0.1, 0.15) is 25.3 Å². The van der Waals surface area contributed by atoms with Crippen LogP contribution in [-0.4, -0.2) is 30.3 Å². The number of nitrogens with zero attached hydrogens (tertiary/aromatic N) is 1. The van der Waals surface area contributed by atoms with Gasteiger partial charge in [-0.3, -0.25) is 10.1 Å². The Kier molecular flexibility index (Phi) is 4.07. The molecule has 1 heterocycles. The summed E-state index contributed by atoms with van der Waals surface area (Å²) in [6.07, 6.45) is 1.86. The third kappa shape index (κ3) is 3.12. The number of epoxide rings is 1. The van der Waals surface area contributed by atoms with Crippen LogP contribution in [0.4, 0.5) is 5.69 Å². The number of rotatable bonds is 4. The summed E-state index contributed by atoms with van der Waals surface area (Å²) in [5.41, 5.74) is 3.80. The molecule has 0 radical (unpaired) electrons. The largest absolute Gasteiger partial charge is 0.370 e. The van der Waals surface area contributed by atoms with Gasteiger partial charge in [-0.25, -0.2) is 0 Å². The van der Waals surface area contributed by atoms with Gasteiger partial charge in [0.2, 0.25) is 0 Å². The zero-order chi connectivity index (χ0) is 17.6. The Bertz CT molecular complexity index is 711. The van der Waals surface area contributed by atoms with Crippen molar-refractivity contribution in [1.82, 2.24) is 0 Å². The minimum Gasteiger partial charge on any atom is -0.370 e. The lowest BCUT2D eigenvalue weighted by Crippen LogP contribution is -2.29. The number of ether oxygens (including phenoxy) is 2. The minimum absolute atomic E-state index is 0.0172. The van der Waals surface area contributed by atoms with E-state index in [-0.39, 0.29) is 23.0 Å². The van der Waals surface area contributed by atoms with E-state index in [4.69, 9.17) is 9.47 Å². The molecular weight excluding hydrogens is 322 g/mol. The molecule has 128 valence electrons. The summed E-state index contributed by atoms with van der Waals surface area (Å²) in [6.45, 7) is 9.20. The SMILES string of the molecule is C[C@@]12O[C@@]1(C#C[Si](C)(C)C)CCC2OCc1ccc([N+](=O)[O-])cc1. The molecule has 0 aromatic heterocycles. The Morgan fingerprint density at radius 3 is 2.58 bits per heavy atom. The molecule has 1 aliphatic carbocycles. The lowest BCUT2D eigenvalue weighted by molar-refractivity contribution is -0.384. The molecule has 24 heavy (non-hydrogen) atoms. The van der Waals surface area contributed by atoms with Crippen LogP contribution < -0.4 is 0 Å². The molecule has 6 heteroatoms. The van der Waals surface area contributed by atoms with Gasteiger partial charge in [0.05, 0.1) is 17.6 Å². The summed E-state index contributed by atoms with van der Waals surface area (Å²) in [5, 5.41) is 10.7. The first kappa shape index (κ1) is 17.2. The van der Waals surface area contributed by atoms with Crippen molar-refractivity contribution >= 4 is 13.8 Å². The lowest BCUT2D eigenvalue weighted by atomic mass is 9.98. The second kappa shape index (κ2) is 5.69. The molecule has 5 nitrogen and oxygen atoms in total. The molecule has 1 unspecified atom stereocenters. The number of hydrogen-bond acceptors (Lipinski definition) is 4. The summed E-state index contributed by atoms with van der Waals surface area (Å²) in [4.78, 5) is 10.3. The van der Waals surface area contributed by atoms with Crippen LogP contribution in [0.25, 0.3) is 0 Å². The summed E-state index contributed by atoms with van der Waals surface area (Å²) >= 11 is 0. The predicted molar refractivity (Wildman–Crippen MR) is 94.3 cm³/mol. The third-order valence-corrected chi connectivity index (χ3v) is 5.63. The van der Waals surface area contributed by atoms with Crippen molar-refractivity contribution in [1.29, 1.82) is 0 Å². The zero-order valence-electron chi connectivity index (χ0n) is 14.6. The van der Waals surface area contributed by atoms with Crippen molar-refractivity contribution in [3.05, 3.63) is 39.9 Å². The number of nitro benzene ring substituents is 1. The van der Waals surface area contributed by atoms with Gasteiger partial charge in [-0.15, -0.1) is 5.54 Å². The number of hydrogen-bond donors (Lipinski definition) is 0. The molecule has 1 aromatic carbocycles. The average molecular weight is 345 g/mol. The summed E-state index contributed by atoms with van der Waals surface area (Å²) in [6, 6.07) is 6.49. The van der Waals surface area contributed by atoms with Gasteiger partial charge in [0.1, 0.15) is 13.7 Å². The maximum absolute atomic E-state index is 10.7. The molecule has 1 saturated heterocycles. The Morgan fingerprint density at radius 1 is 1.38 bits per heavy atom. The normalized spacial score (nSPS) is 31.1. The highest BCUT2D eigenvalue weighted by Crippen LogP contribution is 2.60. The summed E-state index contributed by atoms with van der Waals surface area (Å²) < 4.78 is 12.1. The predicted octanol–water partition coefficient (Wildman–Crippen LogP) is 3.68. The molecule has 3 atom stereocenters. The van der Waals surface area contributed by atoms with Crippen LogP contribution in [0.3, 0.4) is 0 Å². The number of non-ortho nitro benzene ring substituents is 1. The maximum atomic E-state index is 10.7. The van der Waals surface area contributed by atoms with Crippen molar-refractivity contribution in [2.45, 2.75) is 63.3 Å². The Hall–Kier alpha value is -1.68. The van der Waals surface area contributed by atoms with Gasteiger partial charge in [-0.1, -0.05) is 25.6 Å². The van der Waals surface area contributed by atoms with Gasteiger partial charge in [0, 0.05) is 12.1 Å². The molecule has 1 aromatic rings. The zero-order valence-corrected chi connectivity index (χ0v) is 15.6. The van der Waals surface area contributed by atoms with Gasteiger partial charge in [-0.2, -0.15) is 0 Å². The van der Waals surface area contributed by atoms with Crippen LogP contribution in [0.5, 0.6) is 0 Å². The molecule has 3 rings (SSSR count). The highest BCUT2D eigenvalue weighted by Gasteiger charge is 2.74. The summed E-state index contributed by atoms with van der Waals surface area (Å²) in [7, 11) is -1.42. The van der Waals surface area contributed by atoms with E-state index in [1.807, 2.05) is 0 Å². The fourth-order valence-corrected chi connectivity index (χ4v) is 3.80. The topological polar surface area (TPSA) is 64.9 Å². The molecule has 2 aliphatic rings. The first-order chi connectivity index (χ1) is 11.2. The molecule has 0 N–H and O–H groups in total.